The number of nitrogens with one attached hydrogen (secondary N) is 1. The van der Waals surface area contributed by atoms with Gasteiger partial charge < -0.3 is 11.1 Å². The Balaban J connectivity index is 1.93. The van der Waals surface area contributed by atoms with Crippen molar-refractivity contribution >= 4 is 62.0 Å². The van der Waals surface area contributed by atoms with Crippen LogP contribution >= 0.6 is 34.3 Å². The van der Waals surface area contributed by atoms with Crippen molar-refractivity contribution in [3.63, 3.8) is 0 Å². The fourth-order valence-electron chi connectivity index (χ4n) is 3.42. The van der Waals surface area contributed by atoms with Crippen molar-refractivity contribution in [2.75, 3.05) is 5.32 Å². The quantitative estimate of drug-likeness (QED) is 0.297. The van der Waals surface area contributed by atoms with Gasteiger partial charge >= 0.3 is 6.18 Å². The molecule has 35 heavy (non-hydrogen) atoms. The van der Waals surface area contributed by atoms with Crippen LogP contribution in [0, 0.1) is 6.92 Å². The number of amides is 2. The highest BCUT2D eigenvalue weighted by Crippen LogP contribution is 2.44. The Morgan fingerprint density at radius 3 is 2.43 bits per heavy atom. The van der Waals surface area contributed by atoms with Crippen molar-refractivity contribution in [1.82, 2.24) is 14.8 Å². The van der Waals surface area contributed by atoms with Crippen LogP contribution in [0.15, 0.2) is 18.2 Å². The second-order valence-corrected chi connectivity index (χ2v) is 9.91. The molecule has 0 aliphatic heterocycles. The molecule has 15 heteroatoms. The van der Waals surface area contributed by atoms with Gasteiger partial charge in [-0.2, -0.15) is 18.3 Å². The van der Waals surface area contributed by atoms with E-state index in [4.69, 9.17) is 17.3 Å². The van der Waals surface area contributed by atoms with Gasteiger partial charge in [0.05, 0.1) is 5.69 Å². The molecule has 0 bridgehead atoms. The number of hydrogen-bond acceptors (Lipinski definition) is 6. The first kappa shape index (κ1) is 25.0. The third-order valence-electron chi connectivity index (χ3n) is 4.85. The number of pyridine rings is 1. The van der Waals surface area contributed by atoms with E-state index in [1.54, 1.807) is 19.1 Å². The lowest BCUT2D eigenvalue weighted by molar-refractivity contribution is -0.143. The lowest BCUT2D eigenvalue weighted by Gasteiger charge is -2.09. The highest BCUT2D eigenvalue weighted by molar-refractivity contribution is 7.21. The Morgan fingerprint density at radius 1 is 1.23 bits per heavy atom. The van der Waals surface area contributed by atoms with Crippen LogP contribution in [0.25, 0.3) is 20.7 Å². The lowest BCUT2D eigenvalue weighted by atomic mass is 10.1. The van der Waals surface area contributed by atoms with Gasteiger partial charge in [-0.05, 0) is 25.1 Å². The number of fused-ring (bicyclic) bond motifs is 1. The third-order valence-corrected chi connectivity index (χ3v) is 7.34. The predicted octanol–water partition coefficient (Wildman–Crippen LogP) is 6.03. The number of anilines is 1. The van der Waals surface area contributed by atoms with Gasteiger partial charge in [0.25, 0.3) is 18.2 Å². The number of rotatable bonds is 5. The zero-order valence-electron chi connectivity index (χ0n) is 17.6. The summed E-state index contributed by atoms with van der Waals surface area (Å²) in [7, 11) is 0.966. The van der Waals surface area contributed by atoms with Crippen molar-refractivity contribution in [2.45, 2.75) is 19.5 Å². The maximum atomic E-state index is 13.5. The smallest absolute Gasteiger partial charge is 0.365 e. The van der Waals surface area contributed by atoms with E-state index in [1.165, 1.54) is 11.3 Å². The SMILES string of the molecule is Cc1ccc(-c2cc(C(F)F)nc3sc(C(N)=O)c(NC(=O)c4nn(C)c(C(F)(F)F)c4Cl)c23)s1. The van der Waals surface area contributed by atoms with Crippen LogP contribution in [-0.4, -0.2) is 26.6 Å². The zero-order valence-corrected chi connectivity index (χ0v) is 20.0. The molecule has 0 unspecified atom stereocenters. The lowest BCUT2D eigenvalue weighted by Crippen LogP contribution is -2.17. The summed E-state index contributed by atoms with van der Waals surface area (Å²) in [4.78, 5) is 30.1. The van der Waals surface area contributed by atoms with Gasteiger partial charge in [-0.25, -0.2) is 13.8 Å². The summed E-state index contributed by atoms with van der Waals surface area (Å²) in [5.41, 5.74) is 2.86. The predicted molar refractivity (Wildman–Crippen MR) is 122 cm³/mol. The Labute approximate surface area is 206 Å². The normalized spacial score (nSPS) is 12.0. The summed E-state index contributed by atoms with van der Waals surface area (Å²) < 4.78 is 67.3. The molecule has 184 valence electrons. The second-order valence-electron chi connectivity index (χ2n) is 7.24. The van der Waals surface area contributed by atoms with E-state index in [-0.39, 0.29) is 26.3 Å². The molecule has 4 aromatic heterocycles. The van der Waals surface area contributed by atoms with Crippen LogP contribution in [0.2, 0.25) is 5.02 Å². The number of primary amides is 1. The van der Waals surface area contributed by atoms with E-state index in [9.17, 15) is 31.5 Å². The average molecular weight is 550 g/mol. The van der Waals surface area contributed by atoms with Crippen LogP contribution in [-0.2, 0) is 13.2 Å². The zero-order chi connectivity index (χ0) is 25.8. The molecule has 0 aliphatic carbocycles. The van der Waals surface area contributed by atoms with Gasteiger partial charge in [0.2, 0.25) is 0 Å². The monoisotopic (exact) mass is 549 g/mol. The van der Waals surface area contributed by atoms with E-state index in [0.29, 0.717) is 20.9 Å². The summed E-state index contributed by atoms with van der Waals surface area (Å²) in [6.45, 7) is 1.80. The molecule has 0 atom stereocenters. The Hall–Kier alpha value is -3.10. The minimum atomic E-state index is -4.88. The number of halogens is 6. The fraction of sp³-hybridized carbons (Fsp3) is 0.200. The molecule has 7 nitrogen and oxygen atoms in total. The first-order chi connectivity index (χ1) is 16.3. The topological polar surface area (TPSA) is 103 Å². The van der Waals surface area contributed by atoms with Crippen molar-refractivity contribution in [3.05, 3.63) is 50.1 Å². The molecule has 2 amide bonds. The van der Waals surface area contributed by atoms with Gasteiger partial charge in [-0.3, -0.25) is 14.3 Å². The minimum absolute atomic E-state index is 0.0175. The number of thiophene rings is 2. The number of aryl methyl sites for hydroxylation is 2. The number of carbonyl (C=O) groups excluding carboxylic acids is 2. The summed E-state index contributed by atoms with van der Waals surface area (Å²) in [6.07, 6.45) is -7.81. The van der Waals surface area contributed by atoms with Crippen LogP contribution in [0.3, 0.4) is 0 Å². The number of nitrogens with two attached hydrogens (primary N) is 1. The highest BCUT2D eigenvalue weighted by Gasteiger charge is 2.40. The van der Waals surface area contributed by atoms with Crippen LogP contribution in [0.5, 0.6) is 0 Å². The van der Waals surface area contributed by atoms with Crippen molar-refractivity contribution in [2.24, 2.45) is 12.8 Å². The molecule has 4 rings (SSSR count). The fourth-order valence-corrected chi connectivity index (χ4v) is 5.68. The first-order valence-corrected chi connectivity index (χ1v) is 11.5. The number of aromatic nitrogens is 3. The van der Waals surface area contributed by atoms with Crippen molar-refractivity contribution in [3.8, 4) is 10.4 Å². The molecule has 0 fully saturated rings. The molecule has 0 aromatic carbocycles. The van der Waals surface area contributed by atoms with E-state index in [0.717, 1.165) is 18.0 Å². The molecule has 0 spiro atoms. The Kier molecular flexibility index (Phi) is 6.32. The summed E-state index contributed by atoms with van der Waals surface area (Å²) in [6, 6.07) is 4.55. The maximum Gasteiger partial charge on any atom is 0.434 e. The van der Waals surface area contributed by atoms with Gasteiger partial charge in [0.1, 0.15) is 20.4 Å². The first-order valence-electron chi connectivity index (χ1n) is 9.52. The molecule has 0 radical (unpaired) electrons. The number of nitrogens with zero attached hydrogens (tertiary/aromatic N) is 3. The van der Waals surface area contributed by atoms with Crippen LogP contribution in [0.1, 0.15) is 42.9 Å². The maximum absolute atomic E-state index is 13.5. The van der Waals surface area contributed by atoms with Crippen LogP contribution in [0.4, 0.5) is 27.6 Å². The van der Waals surface area contributed by atoms with E-state index in [2.05, 4.69) is 15.4 Å². The Morgan fingerprint density at radius 2 is 1.91 bits per heavy atom. The van der Waals surface area contributed by atoms with E-state index >= 15 is 0 Å². The molecule has 0 saturated heterocycles. The van der Waals surface area contributed by atoms with Crippen molar-refractivity contribution in [1.29, 1.82) is 0 Å². The van der Waals surface area contributed by atoms with Gasteiger partial charge in [-0.15, -0.1) is 22.7 Å². The van der Waals surface area contributed by atoms with E-state index < -0.39 is 46.5 Å². The number of alkyl halides is 5. The summed E-state index contributed by atoms with van der Waals surface area (Å²) in [5, 5.41) is 5.10. The molecule has 4 aromatic rings. The highest BCUT2D eigenvalue weighted by atomic mass is 35.5. The third kappa shape index (κ3) is 4.48. The van der Waals surface area contributed by atoms with Crippen LogP contribution < -0.4 is 11.1 Å². The number of carbonyl (C=O) groups is 2. The van der Waals surface area contributed by atoms with Gasteiger partial charge in [-0.1, -0.05) is 11.6 Å². The molecular formula is C20H13ClF5N5O2S2. The van der Waals surface area contributed by atoms with E-state index in [1.807, 2.05) is 0 Å². The Bertz CT molecular complexity index is 1490. The largest absolute Gasteiger partial charge is 0.434 e. The summed E-state index contributed by atoms with van der Waals surface area (Å²) in [5.74, 6) is -2.16. The molecule has 4 heterocycles. The van der Waals surface area contributed by atoms with Gasteiger partial charge in [0, 0.05) is 27.8 Å². The number of hydrogen-bond donors (Lipinski definition) is 2. The van der Waals surface area contributed by atoms with Gasteiger partial charge in [0.15, 0.2) is 11.4 Å². The molecule has 0 aliphatic rings. The second kappa shape index (κ2) is 8.84. The molecular weight excluding hydrogens is 537 g/mol. The molecule has 0 saturated carbocycles. The summed E-state index contributed by atoms with van der Waals surface area (Å²) >= 11 is 7.74. The van der Waals surface area contributed by atoms with Crippen molar-refractivity contribution < 1.29 is 31.5 Å². The average Bonchev–Trinajstić information content (AvgIpc) is 3.42. The minimum Gasteiger partial charge on any atom is -0.365 e. The molecule has 3 N–H and O–H groups in total. The standard InChI is InChI=1S/C20H13ClF5N5O2S2/c1-6-3-4-9(34-6)7-5-8(16(22)23)28-19-10(7)12(14(35-19)17(27)32)29-18(33)13-11(21)15(20(24,25)26)31(2)30-13/h3-5,16H,1-2H3,(H2,27,32)(H,29,33).